The second kappa shape index (κ2) is 8.39. The van der Waals surface area contributed by atoms with Gasteiger partial charge >= 0.3 is 6.18 Å². The van der Waals surface area contributed by atoms with E-state index >= 15 is 0 Å². The number of pyridine rings is 1. The molecule has 0 spiro atoms. The van der Waals surface area contributed by atoms with Crippen molar-refractivity contribution in [3.8, 4) is 5.88 Å². The molecule has 0 atom stereocenters. The molecule has 1 N–H and O–H groups in total. The van der Waals surface area contributed by atoms with Crippen molar-refractivity contribution >= 4 is 22.4 Å². The summed E-state index contributed by atoms with van der Waals surface area (Å²) in [6, 6.07) is 8.35. The van der Waals surface area contributed by atoms with Crippen molar-refractivity contribution in [1.82, 2.24) is 9.97 Å². The molecule has 2 aromatic heterocycles. The Kier molecular flexibility index (Phi) is 5.93. The summed E-state index contributed by atoms with van der Waals surface area (Å²) in [6.07, 6.45) is -1.04. The number of nitrogens with zero attached hydrogens (tertiary/aromatic N) is 2. The fourth-order valence-electron chi connectivity index (χ4n) is 2.49. The summed E-state index contributed by atoms with van der Waals surface area (Å²) in [4.78, 5) is 21.3. The van der Waals surface area contributed by atoms with Crippen molar-refractivity contribution in [2.75, 3.05) is 11.9 Å². The zero-order chi connectivity index (χ0) is 20.1. The number of aromatic nitrogens is 2. The van der Waals surface area contributed by atoms with Crippen LogP contribution < -0.4 is 10.1 Å². The van der Waals surface area contributed by atoms with Gasteiger partial charge in [0.05, 0.1) is 12.2 Å². The third-order valence-corrected chi connectivity index (χ3v) is 4.62. The number of alkyl halides is 3. The summed E-state index contributed by atoms with van der Waals surface area (Å²) in [7, 11) is 0. The smallest absolute Gasteiger partial charge is 0.416 e. The van der Waals surface area contributed by atoms with Crippen LogP contribution in [-0.2, 0) is 12.6 Å². The molecular formula is C19H16F3N3O2S. The van der Waals surface area contributed by atoms with Gasteiger partial charge in [-0.2, -0.15) is 13.2 Å². The van der Waals surface area contributed by atoms with Gasteiger partial charge in [-0.15, -0.1) is 11.3 Å². The zero-order valence-corrected chi connectivity index (χ0v) is 15.6. The number of anilines is 1. The van der Waals surface area contributed by atoms with Gasteiger partial charge in [-0.3, -0.25) is 10.1 Å². The Morgan fingerprint density at radius 1 is 1.21 bits per heavy atom. The first-order valence-electron chi connectivity index (χ1n) is 8.37. The van der Waals surface area contributed by atoms with Gasteiger partial charge in [0.15, 0.2) is 5.13 Å². The maximum absolute atomic E-state index is 12.8. The fraction of sp³-hybridized carbons (Fsp3) is 0.211. The molecule has 1 amide bonds. The molecule has 0 fully saturated rings. The lowest BCUT2D eigenvalue weighted by Crippen LogP contribution is -2.14. The first-order valence-corrected chi connectivity index (χ1v) is 9.18. The van der Waals surface area contributed by atoms with Crippen molar-refractivity contribution in [2.24, 2.45) is 0 Å². The molecule has 0 saturated heterocycles. The summed E-state index contributed by atoms with van der Waals surface area (Å²) < 4.78 is 43.8. The average Bonchev–Trinajstić information content (AvgIpc) is 3.08. The molecule has 0 aliphatic rings. The molecule has 1 aromatic carbocycles. The highest BCUT2D eigenvalue weighted by Gasteiger charge is 2.30. The Bertz CT molecular complexity index is 973. The van der Waals surface area contributed by atoms with E-state index < -0.39 is 17.6 Å². The zero-order valence-electron chi connectivity index (χ0n) is 14.8. The van der Waals surface area contributed by atoms with Gasteiger partial charge in [-0.25, -0.2) is 9.97 Å². The number of halogens is 3. The highest BCUT2D eigenvalue weighted by Crippen LogP contribution is 2.30. The number of amides is 1. The van der Waals surface area contributed by atoms with Crippen molar-refractivity contribution in [2.45, 2.75) is 19.5 Å². The molecule has 0 aliphatic carbocycles. The number of rotatable bonds is 6. The monoisotopic (exact) mass is 407 g/mol. The van der Waals surface area contributed by atoms with E-state index in [-0.39, 0.29) is 17.9 Å². The van der Waals surface area contributed by atoms with Crippen LogP contribution in [0, 0.1) is 0 Å². The predicted octanol–water partition coefficient (Wildman–Crippen LogP) is 4.80. The molecule has 0 bridgehead atoms. The summed E-state index contributed by atoms with van der Waals surface area (Å²) in [6.45, 7) is 2.16. The van der Waals surface area contributed by atoms with Gasteiger partial charge < -0.3 is 4.74 Å². The van der Waals surface area contributed by atoms with Crippen LogP contribution in [0.4, 0.5) is 18.3 Å². The van der Waals surface area contributed by atoms with Crippen LogP contribution in [0.1, 0.15) is 33.3 Å². The number of hydrogen-bond acceptors (Lipinski definition) is 5. The molecule has 3 rings (SSSR count). The molecule has 28 heavy (non-hydrogen) atoms. The topological polar surface area (TPSA) is 64.1 Å². The van der Waals surface area contributed by atoms with Crippen molar-refractivity contribution < 1.29 is 22.7 Å². The van der Waals surface area contributed by atoms with Gasteiger partial charge in [0.1, 0.15) is 5.56 Å². The minimum absolute atomic E-state index is 0.225. The maximum atomic E-state index is 12.8. The highest BCUT2D eigenvalue weighted by molar-refractivity contribution is 7.15. The molecule has 9 heteroatoms. The van der Waals surface area contributed by atoms with E-state index in [4.69, 9.17) is 4.74 Å². The van der Waals surface area contributed by atoms with Gasteiger partial charge in [-0.1, -0.05) is 18.2 Å². The molecule has 0 aliphatic heterocycles. The molecule has 3 aromatic rings. The van der Waals surface area contributed by atoms with Crippen molar-refractivity contribution in [1.29, 1.82) is 0 Å². The lowest BCUT2D eigenvalue weighted by atomic mass is 10.1. The largest absolute Gasteiger partial charge is 0.477 e. The van der Waals surface area contributed by atoms with Gasteiger partial charge in [0, 0.05) is 23.7 Å². The van der Waals surface area contributed by atoms with E-state index in [9.17, 15) is 18.0 Å². The summed E-state index contributed by atoms with van der Waals surface area (Å²) in [5.74, 6) is -0.195. The van der Waals surface area contributed by atoms with E-state index in [1.54, 1.807) is 25.1 Å². The number of ether oxygens (including phenoxy) is 1. The number of carbonyl (C=O) groups excluding carboxylic acids is 1. The van der Waals surface area contributed by atoms with Crippen molar-refractivity contribution in [3.05, 3.63) is 70.4 Å². The fourth-order valence-corrected chi connectivity index (χ4v) is 3.33. The third-order valence-electron chi connectivity index (χ3n) is 3.70. The highest BCUT2D eigenvalue weighted by atomic mass is 32.1. The van der Waals surface area contributed by atoms with E-state index in [1.165, 1.54) is 29.8 Å². The molecule has 0 radical (unpaired) electrons. The summed E-state index contributed by atoms with van der Waals surface area (Å²) >= 11 is 1.20. The van der Waals surface area contributed by atoms with E-state index in [0.29, 0.717) is 17.3 Å². The number of hydrogen-bond donors (Lipinski definition) is 1. The Morgan fingerprint density at radius 2 is 2.04 bits per heavy atom. The minimum Gasteiger partial charge on any atom is -0.477 e. The average molecular weight is 407 g/mol. The van der Waals surface area contributed by atoms with Crippen LogP contribution in [0.25, 0.3) is 0 Å². The van der Waals surface area contributed by atoms with Gasteiger partial charge in [-0.05, 0) is 30.7 Å². The Labute approximate surface area is 163 Å². The number of carbonyl (C=O) groups is 1. The van der Waals surface area contributed by atoms with E-state index in [1.807, 2.05) is 0 Å². The Hall–Kier alpha value is -2.94. The molecule has 146 valence electrons. The lowest BCUT2D eigenvalue weighted by Gasteiger charge is -2.08. The summed E-state index contributed by atoms with van der Waals surface area (Å²) in [5, 5.41) is 3.01. The van der Waals surface area contributed by atoms with Crippen LogP contribution in [0.15, 0.2) is 48.8 Å². The van der Waals surface area contributed by atoms with Crippen LogP contribution in [0.3, 0.4) is 0 Å². The number of benzene rings is 1. The minimum atomic E-state index is -4.38. The quantitative estimate of drug-likeness (QED) is 0.638. The standard InChI is InChI=1S/C19H16F3N3O2S/c1-2-27-17-15(7-4-8-23-17)16(26)25-18-24-11-14(28-18)10-12-5-3-6-13(9-12)19(20,21)22/h3-9,11H,2,10H2,1H3,(H,24,25,26). The number of nitrogens with one attached hydrogen (secondary N) is 1. The Morgan fingerprint density at radius 3 is 2.79 bits per heavy atom. The van der Waals surface area contributed by atoms with Crippen LogP contribution in [0.5, 0.6) is 5.88 Å². The SMILES string of the molecule is CCOc1ncccc1C(=O)Nc1ncc(Cc2cccc(C(F)(F)F)c2)s1. The summed E-state index contributed by atoms with van der Waals surface area (Å²) in [5.41, 5.74) is 0.101. The number of thiazole rings is 1. The van der Waals surface area contributed by atoms with E-state index in [0.717, 1.165) is 17.0 Å². The predicted molar refractivity (Wildman–Crippen MR) is 99.7 cm³/mol. The van der Waals surface area contributed by atoms with E-state index in [2.05, 4.69) is 15.3 Å². The third kappa shape index (κ3) is 4.86. The van der Waals surface area contributed by atoms with Crippen LogP contribution in [0.2, 0.25) is 0 Å². The first-order chi connectivity index (χ1) is 13.4. The van der Waals surface area contributed by atoms with Crippen LogP contribution in [-0.4, -0.2) is 22.5 Å². The lowest BCUT2D eigenvalue weighted by molar-refractivity contribution is -0.137. The first kappa shape index (κ1) is 19.8. The molecule has 0 saturated carbocycles. The normalized spacial score (nSPS) is 11.3. The van der Waals surface area contributed by atoms with Gasteiger partial charge in [0.2, 0.25) is 5.88 Å². The second-order valence-electron chi connectivity index (χ2n) is 5.75. The molecule has 0 unspecified atom stereocenters. The maximum Gasteiger partial charge on any atom is 0.416 e. The second-order valence-corrected chi connectivity index (χ2v) is 6.87. The molecule has 2 heterocycles. The van der Waals surface area contributed by atoms with Crippen molar-refractivity contribution in [3.63, 3.8) is 0 Å². The van der Waals surface area contributed by atoms with Gasteiger partial charge in [0.25, 0.3) is 5.91 Å². The van der Waals surface area contributed by atoms with Crippen LogP contribution >= 0.6 is 11.3 Å². The molecule has 5 nitrogen and oxygen atoms in total. The Balaban J connectivity index is 1.71. The molecular weight excluding hydrogens is 391 g/mol.